The van der Waals surface area contributed by atoms with E-state index in [2.05, 4.69) is 4.98 Å². The van der Waals surface area contributed by atoms with Crippen LogP contribution in [0.4, 0.5) is 0 Å². The summed E-state index contributed by atoms with van der Waals surface area (Å²) < 4.78 is 3.34. The van der Waals surface area contributed by atoms with Crippen molar-refractivity contribution >= 4 is 34.1 Å². The number of hydrogen-bond acceptors (Lipinski definition) is 3. The number of para-hydroxylation sites is 1. The van der Waals surface area contributed by atoms with E-state index >= 15 is 0 Å². The van der Waals surface area contributed by atoms with Crippen LogP contribution in [0.3, 0.4) is 0 Å². The van der Waals surface area contributed by atoms with Gasteiger partial charge in [0.1, 0.15) is 0 Å². The van der Waals surface area contributed by atoms with Crippen molar-refractivity contribution in [2.45, 2.75) is 5.60 Å². The van der Waals surface area contributed by atoms with Crippen LogP contribution in [0.15, 0.2) is 90.1 Å². The van der Waals surface area contributed by atoms with E-state index in [1.165, 1.54) is 0 Å². The third-order valence-electron chi connectivity index (χ3n) is 6.23. The van der Waals surface area contributed by atoms with Crippen molar-refractivity contribution < 1.29 is 5.11 Å². The molecule has 170 valence electrons. The van der Waals surface area contributed by atoms with Gasteiger partial charge in [0.15, 0.2) is 5.60 Å². The molecule has 3 aromatic carbocycles. The number of imidazole rings is 1. The third-order valence-corrected chi connectivity index (χ3v) is 6.72. The fraction of sp³-hybridized carbons (Fsp3) is 0.111. The van der Waals surface area contributed by atoms with Crippen LogP contribution in [-0.4, -0.2) is 19.2 Å². The molecule has 5 rings (SSSR count). The quantitative estimate of drug-likeness (QED) is 0.361. The van der Waals surface area contributed by atoms with Gasteiger partial charge in [-0.1, -0.05) is 65.7 Å². The minimum Gasteiger partial charge on any atom is -0.374 e. The molecule has 0 aliphatic heterocycles. The zero-order chi connectivity index (χ0) is 24.0. The van der Waals surface area contributed by atoms with E-state index in [-0.39, 0.29) is 5.56 Å². The Hall–Kier alpha value is -3.38. The average molecular weight is 490 g/mol. The number of rotatable bonds is 4. The molecule has 1 atom stereocenters. The SMILES string of the molecule is Cn1cncc1C(O)(c1ccc(Cl)cc1)c1cccc2c(-c3cccc(Cl)c3)cc(=O)n(C)c12. The normalized spacial score (nSPS) is 13.2. The molecular weight excluding hydrogens is 469 g/mol. The first kappa shape index (κ1) is 22.4. The Morgan fingerprint density at radius 1 is 0.912 bits per heavy atom. The first-order valence-corrected chi connectivity index (χ1v) is 11.4. The lowest BCUT2D eigenvalue weighted by Gasteiger charge is -2.31. The van der Waals surface area contributed by atoms with Crippen LogP contribution in [0.25, 0.3) is 22.0 Å². The maximum Gasteiger partial charge on any atom is 0.251 e. The second kappa shape index (κ2) is 8.44. The molecule has 0 amide bonds. The van der Waals surface area contributed by atoms with Crippen LogP contribution in [0.5, 0.6) is 0 Å². The predicted octanol–water partition coefficient (Wildman–Crippen LogP) is 5.53. The molecule has 5 aromatic rings. The first-order chi connectivity index (χ1) is 16.3. The number of hydrogen-bond donors (Lipinski definition) is 1. The molecule has 0 saturated heterocycles. The number of aromatic nitrogens is 3. The third kappa shape index (κ3) is 3.53. The Morgan fingerprint density at radius 3 is 2.32 bits per heavy atom. The summed E-state index contributed by atoms with van der Waals surface area (Å²) in [5, 5.41) is 14.4. The van der Waals surface area contributed by atoms with Crippen LogP contribution >= 0.6 is 23.2 Å². The molecule has 0 saturated carbocycles. The van der Waals surface area contributed by atoms with Gasteiger partial charge in [-0.25, -0.2) is 4.98 Å². The van der Waals surface area contributed by atoms with Gasteiger partial charge in [-0.05, 0) is 41.0 Å². The molecule has 34 heavy (non-hydrogen) atoms. The van der Waals surface area contributed by atoms with Crippen molar-refractivity contribution in [1.82, 2.24) is 14.1 Å². The van der Waals surface area contributed by atoms with Gasteiger partial charge in [-0.3, -0.25) is 4.79 Å². The van der Waals surface area contributed by atoms with Crippen LogP contribution < -0.4 is 5.56 Å². The van der Waals surface area contributed by atoms with Crippen LogP contribution in [0.1, 0.15) is 16.8 Å². The minimum absolute atomic E-state index is 0.196. The molecule has 1 N–H and O–H groups in total. The summed E-state index contributed by atoms with van der Waals surface area (Å²) in [6.45, 7) is 0. The van der Waals surface area contributed by atoms with Gasteiger partial charge in [0, 0.05) is 41.2 Å². The Labute approximate surface area is 206 Å². The molecule has 0 aliphatic rings. The molecular formula is C27H21Cl2N3O2. The zero-order valence-electron chi connectivity index (χ0n) is 18.5. The van der Waals surface area contributed by atoms with Crippen molar-refractivity contribution in [3.05, 3.63) is 123 Å². The summed E-state index contributed by atoms with van der Waals surface area (Å²) in [7, 11) is 3.53. The number of halogens is 2. The van der Waals surface area contributed by atoms with E-state index in [1.54, 1.807) is 65.1 Å². The summed E-state index contributed by atoms with van der Waals surface area (Å²) in [6, 6.07) is 21.7. The smallest absolute Gasteiger partial charge is 0.251 e. The standard InChI is InChI=1S/C27H21Cl2N3O2/c1-31-16-30-15-24(31)27(34,18-9-11-19(28)12-10-18)23-8-4-7-21-22(14-25(33)32(2)26(21)23)17-5-3-6-20(29)13-17/h3-16,34H,1-2H3. The molecule has 0 fully saturated rings. The molecule has 2 heterocycles. The Morgan fingerprint density at radius 2 is 1.65 bits per heavy atom. The van der Waals surface area contributed by atoms with Gasteiger partial charge >= 0.3 is 0 Å². The molecule has 2 aromatic heterocycles. The fourth-order valence-electron chi connectivity index (χ4n) is 4.56. The highest BCUT2D eigenvalue weighted by Crippen LogP contribution is 2.41. The molecule has 0 spiro atoms. The van der Waals surface area contributed by atoms with Crippen molar-refractivity contribution in [2.75, 3.05) is 0 Å². The topological polar surface area (TPSA) is 60.0 Å². The lowest BCUT2D eigenvalue weighted by atomic mass is 9.81. The Kier molecular flexibility index (Phi) is 5.56. The lowest BCUT2D eigenvalue weighted by molar-refractivity contribution is 0.118. The van der Waals surface area contributed by atoms with Gasteiger partial charge in [0.2, 0.25) is 0 Å². The van der Waals surface area contributed by atoms with Crippen LogP contribution in [0.2, 0.25) is 10.0 Å². The van der Waals surface area contributed by atoms with E-state index in [0.29, 0.717) is 32.4 Å². The molecule has 5 nitrogen and oxygen atoms in total. The van der Waals surface area contributed by atoms with Crippen molar-refractivity contribution in [3.8, 4) is 11.1 Å². The summed E-state index contributed by atoms with van der Waals surface area (Å²) in [6.07, 6.45) is 3.27. The number of aliphatic hydroxyl groups is 1. The molecule has 0 radical (unpaired) electrons. The molecule has 0 aliphatic carbocycles. The highest BCUT2D eigenvalue weighted by molar-refractivity contribution is 6.31. The number of benzene rings is 3. The number of fused-ring (bicyclic) bond motifs is 1. The van der Waals surface area contributed by atoms with Crippen LogP contribution in [0, 0.1) is 0 Å². The highest BCUT2D eigenvalue weighted by Gasteiger charge is 2.38. The highest BCUT2D eigenvalue weighted by atomic mass is 35.5. The maximum absolute atomic E-state index is 13.1. The van der Waals surface area contributed by atoms with Crippen molar-refractivity contribution in [2.24, 2.45) is 14.1 Å². The largest absolute Gasteiger partial charge is 0.374 e. The van der Waals surface area contributed by atoms with E-state index in [4.69, 9.17) is 23.2 Å². The predicted molar refractivity (Wildman–Crippen MR) is 136 cm³/mol. The van der Waals surface area contributed by atoms with Gasteiger partial charge in [0.25, 0.3) is 5.56 Å². The Bertz CT molecular complexity index is 1590. The lowest BCUT2D eigenvalue weighted by Crippen LogP contribution is -2.33. The van der Waals surface area contributed by atoms with Gasteiger partial charge in [-0.2, -0.15) is 0 Å². The number of aryl methyl sites for hydroxylation is 2. The Balaban J connectivity index is 1.91. The fourth-order valence-corrected chi connectivity index (χ4v) is 4.87. The number of nitrogens with zero attached hydrogens (tertiary/aromatic N) is 3. The molecule has 7 heteroatoms. The second-order valence-corrected chi connectivity index (χ2v) is 9.15. The summed E-state index contributed by atoms with van der Waals surface area (Å²) in [4.78, 5) is 17.4. The minimum atomic E-state index is -1.60. The second-order valence-electron chi connectivity index (χ2n) is 8.27. The van der Waals surface area contributed by atoms with Crippen molar-refractivity contribution in [1.29, 1.82) is 0 Å². The van der Waals surface area contributed by atoms with E-state index in [9.17, 15) is 9.90 Å². The molecule has 0 bridgehead atoms. The van der Waals surface area contributed by atoms with Crippen molar-refractivity contribution in [3.63, 3.8) is 0 Å². The van der Waals surface area contributed by atoms with Gasteiger partial charge < -0.3 is 14.2 Å². The average Bonchev–Trinajstić information content (AvgIpc) is 3.27. The number of pyridine rings is 1. The van der Waals surface area contributed by atoms with E-state index in [1.807, 2.05) is 43.4 Å². The van der Waals surface area contributed by atoms with Crippen LogP contribution in [-0.2, 0) is 19.7 Å². The zero-order valence-corrected chi connectivity index (χ0v) is 20.0. The van der Waals surface area contributed by atoms with E-state index < -0.39 is 5.60 Å². The van der Waals surface area contributed by atoms with Gasteiger partial charge in [-0.15, -0.1) is 0 Å². The summed E-state index contributed by atoms with van der Waals surface area (Å²) in [5.74, 6) is 0. The first-order valence-electron chi connectivity index (χ1n) is 10.6. The maximum atomic E-state index is 13.1. The van der Waals surface area contributed by atoms with Gasteiger partial charge in [0.05, 0.1) is 23.7 Å². The monoisotopic (exact) mass is 489 g/mol. The summed E-state index contributed by atoms with van der Waals surface area (Å²) >= 11 is 12.4. The van der Waals surface area contributed by atoms with E-state index in [0.717, 1.165) is 16.5 Å². The molecule has 1 unspecified atom stereocenters. The summed E-state index contributed by atoms with van der Waals surface area (Å²) in [5.41, 5.74) is 2.10.